The number of aromatic nitrogens is 1. The van der Waals surface area contributed by atoms with Gasteiger partial charge in [-0.3, -0.25) is 4.79 Å². The summed E-state index contributed by atoms with van der Waals surface area (Å²) in [5, 5.41) is 1.13. The fourth-order valence-corrected chi connectivity index (χ4v) is 2.39. The van der Waals surface area contributed by atoms with Crippen molar-refractivity contribution in [2.75, 3.05) is 20.6 Å². The van der Waals surface area contributed by atoms with Crippen LogP contribution in [0, 0.1) is 0 Å². The van der Waals surface area contributed by atoms with Gasteiger partial charge in [-0.15, -0.1) is 0 Å². The summed E-state index contributed by atoms with van der Waals surface area (Å²) in [5.74, 6) is -0.281. The maximum atomic E-state index is 11.1. The maximum absolute atomic E-state index is 11.1. The quantitative estimate of drug-likeness (QED) is 0.857. The van der Waals surface area contributed by atoms with Gasteiger partial charge in [-0.05, 0) is 38.7 Å². The van der Waals surface area contributed by atoms with E-state index in [9.17, 15) is 4.79 Å². The number of hydrogen-bond donors (Lipinski definition) is 1. The largest absolute Gasteiger partial charge is 0.369 e. The Morgan fingerprint density at radius 3 is 2.74 bits per heavy atom. The van der Waals surface area contributed by atoms with Gasteiger partial charge in [-0.2, -0.15) is 0 Å². The standard InChI is InChI=1S/C15H21N3O/c1-17(2)8-5-9-18-11-12(10-15(16)19)13-6-3-4-7-14(13)18/h3-4,6-7,11H,5,8-10H2,1-2H3,(H2,16,19). The van der Waals surface area contributed by atoms with Crippen LogP contribution in [0.4, 0.5) is 0 Å². The van der Waals surface area contributed by atoms with Crippen LogP contribution in [0.1, 0.15) is 12.0 Å². The first-order chi connectivity index (χ1) is 9.08. The second kappa shape index (κ2) is 5.89. The van der Waals surface area contributed by atoms with Crippen LogP contribution in [0.15, 0.2) is 30.5 Å². The van der Waals surface area contributed by atoms with Gasteiger partial charge >= 0.3 is 0 Å². The summed E-state index contributed by atoms with van der Waals surface area (Å²) in [6.45, 7) is 2.01. The normalized spacial score (nSPS) is 11.3. The van der Waals surface area contributed by atoms with Crippen molar-refractivity contribution in [3.63, 3.8) is 0 Å². The Morgan fingerprint density at radius 2 is 2.05 bits per heavy atom. The van der Waals surface area contributed by atoms with Crippen LogP contribution < -0.4 is 5.73 Å². The summed E-state index contributed by atoms with van der Waals surface area (Å²) >= 11 is 0. The smallest absolute Gasteiger partial charge is 0.221 e. The van der Waals surface area contributed by atoms with Crippen LogP contribution in [-0.2, 0) is 17.8 Å². The summed E-state index contributed by atoms with van der Waals surface area (Å²) in [4.78, 5) is 13.3. The molecule has 4 nitrogen and oxygen atoms in total. The molecule has 2 aromatic rings. The monoisotopic (exact) mass is 259 g/mol. The predicted octanol–water partition coefficient (Wildman–Crippen LogP) is 1.62. The van der Waals surface area contributed by atoms with Gasteiger partial charge in [0.2, 0.25) is 5.91 Å². The summed E-state index contributed by atoms with van der Waals surface area (Å²) in [6, 6.07) is 8.17. The first-order valence-electron chi connectivity index (χ1n) is 6.57. The summed E-state index contributed by atoms with van der Waals surface area (Å²) in [6.07, 6.45) is 3.45. The molecule has 0 spiro atoms. The van der Waals surface area contributed by atoms with E-state index < -0.39 is 0 Å². The molecule has 0 radical (unpaired) electrons. The van der Waals surface area contributed by atoms with Gasteiger partial charge in [-0.1, -0.05) is 18.2 Å². The van der Waals surface area contributed by atoms with Crippen molar-refractivity contribution < 1.29 is 4.79 Å². The van der Waals surface area contributed by atoms with E-state index in [-0.39, 0.29) is 5.91 Å². The van der Waals surface area contributed by atoms with Crippen molar-refractivity contribution in [2.45, 2.75) is 19.4 Å². The van der Waals surface area contributed by atoms with E-state index in [4.69, 9.17) is 5.73 Å². The number of fused-ring (bicyclic) bond motifs is 1. The third-order valence-corrected chi connectivity index (χ3v) is 3.24. The van der Waals surface area contributed by atoms with Crippen LogP contribution in [0.25, 0.3) is 10.9 Å². The number of hydrogen-bond acceptors (Lipinski definition) is 2. The molecule has 0 fully saturated rings. The number of primary amides is 1. The third kappa shape index (κ3) is 3.35. The zero-order valence-electron chi connectivity index (χ0n) is 11.6. The number of carbonyl (C=O) groups excluding carboxylic acids is 1. The molecule has 0 atom stereocenters. The van der Waals surface area contributed by atoms with Crippen LogP contribution in [-0.4, -0.2) is 36.0 Å². The van der Waals surface area contributed by atoms with E-state index in [2.05, 4.69) is 41.9 Å². The zero-order valence-corrected chi connectivity index (χ0v) is 11.6. The molecule has 1 amide bonds. The van der Waals surface area contributed by atoms with Crippen LogP contribution in [0.5, 0.6) is 0 Å². The molecule has 2 N–H and O–H groups in total. The maximum Gasteiger partial charge on any atom is 0.221 e. The first kappa shape index (κ1) is 13.6. The Balaban J connectivity index is 2.25. The summed E-state index contributed by atoms with van der Waals surface area (Å²) < 4.78 is 2.22. The molecule has 19 heavy (non-hydrogen) atoms. The molecule has 0 unspecified atom stereocenters. The molecule has 0 aliphatic heterocycles. The van der Waals surface area contributed by atoms with E-state index in [0.717, 1.165) is 30.5 Å². The molecular weight excluding hydrogens is 238 g/mol. The van der Waals surface area contributed by atoms with E-state index >= 15 is 0 Å². The number of nitrogens with zero attached hydrogens (tertiary/aromatic N) is 2. The highest BCUT2D eigenvalue weighted by molar-refractivity contribution is 5.88. The topological polar surface area (TPSA) is 51.3 Å². The van der Waals surface area contributed by atoms with Gasteiger partial charge in [0.25, 0.3) is 0 Å². The number of aryl methyl sites for hydroxylation is 1. The van der Waals surface area contributed by atoms with Crippen molar-refractivity contribution in [3.8, 4) is 0 Å². The fraction of sp³-hybridized carbons (Fsp3) is 0.400. The lowest BCUT2D eigenvalue weighted by Crippen LogP contribution is -2.15. The Morgan fingerprint density at radius 1 is 1.32 bits per heavy atom. The number of nitrogens with two attached hydrogens (primary N) is 1. The average molecular weight is 259 g/mol. The van der Waals surface area contributed by atoms with Gasteiger partial charge < -0.3 is 15.2 Å². The van der Waals surface area contributed by atoms with E-state index in [0.29, 0.717) is 6.42 Å². The second-order valence-electron chi connectivity index (χ2n) is 5.16. The second-order valence-corrected chi connectivity index (χ2v) is 5.16. The van der Waals surface area contributed by atoms with E-state index in [1.54, 1.807) is 0 Å². The number of rotatable bonds is 6. The van der Waals surface area contributed by atoms with Crippen LogP contribution in [0.2, 0.25) is 0 Å². The molecule has 1 heterocycles. The Bertz CT molecular complexity index is 572. The van der Waals surface area contributed by atoms with Crippen molar-refractivity contribution in [1.82, 2.24) is 9.47 Å². The Kier molecular flexibility index (Phi) is 4.22. The SMILES string of the molecule is CN(C)CCCn1cc(CC(N)=O)c2ccccc21. The third-order valence-electron chi connectivity index (χ3n) is 3.24. The van der Waals surface area contributed by atoms with Crippen LogP contribution >= 0.6 is 0 Å². The van der Waals surface area contributed by atoms with Gasteiger partial charge in [0, 0.05) is 23.6 Å². The Hall–Kier alpha value is -1.81. The summed E-state index contributed by atoms with van der Waals surface area (Å²) in [7, 11) is 4.15. The highest BCUT2D eigenvalue weighted by Crippen LogP contribution is 2.22. The number of benzene rings is 1. The zero-order chi connectivity index (χ0) is 13.8. The first-order valence-corrected chi connectivity index (χ1v) is 6.57. The minimum absolute atomic E-state index is 0.281. The molecule has 102 valence electrons. The van der Waals surface area contributed by atoms with Crippen molar-refractivity contribution >= 4 is 16.8 Å². The molecule has 0 aliphatic carbocycles. The predicted molar refractivity (Wildman–Crippen MR) is 78.0 cm³/mol. The average Bonchev–Trinajstić information content (AvgIpc) is 2.67. The lowest BCUT2D eigenvalue weighted by molar-refractivity contribution is -0.117. The number of amides is 1. The lowest BCUT2D eigenvalue weighted by Gasteiger charge is -2.10. The minimum Gasteiger partial charge on any atom is -0.369 e. The summed E-state index contributed by atoms with van der Waals surface area (Å²) in [5.41, 5.74) is 7.51. The van der Waals surface area contributed by atoms with Gasteiger partial charge in [0.1, 0.15) is 0 Å². The highest BCUT2D eigenvalue weighted by Gasteiger charge is 2.09. The van der Waals surface area contributed by atoms with Gasteiger partial charge in [0.15, 0.2) is 0 Å². The lowest BCUT2D eigenvalue weighted by atomic mass is 10.1. The molecule has 0 aliphatic rings. The van der Waals surface area contributed by atoms with Crippen LogP contribution in [0.3, 0.4) is 0 Å². The Labute approximate surface area is 113 Å². The molecular formula is C15H21N3O. The molecule has 0 saturated heterocycles. The van der Waals surface area contributed by atoms with Gasteiger partial charge in [-0.25, -0.2) is 0 Å². The van der Waals surface area contributed by atoms with Crippen molar-refractivity contribution in [3.05, 3.63) is 36.0 Å². The fourth-order valence-electron chi connectivity index (χ4n) is 2.39. The van der Waals surface area contributed by atoms with E-state index in [1.165, 1.54) is 5.52 Å². The highest BCUT2D eigenvalue weighted by atomic mass is 16.1. The van der Waals surface area contributed by atoms with E-state index in [1.807, 2.05) is 12.1 Å². The molecule has 0 saturated carbocycles. The number of para-hydroxylation sites is 1. The molecule has 1 aromatic carbocycles. The number of carbonyl (C=O) groups is 1. The molecule has 2 rings (SSSR count). The van der Waals surface area contributed by atoms with Crippen molar-refractivity contribution in [2.24, 2.45) is 5.73 Å². The van der Waals surface area contributed by atoms with Gasteiger partial charge in [0.05, 0.1) is 6.42 Å². The molecule has 1 aromatic heterocycles. The molecule has 4 heteroatoms. The molecule has 0 bridgehead atoms. The van der Waals surface area contributed by atoms with Crippen molar-refractivity contribution in [1.29, 1.82) is 0 Å². The minimum atomic E-state index is -0.281.